The minimum atomic E-state index is -3.68. The number of hydrogen-bond acceptors (Lipinski definition) is 2. The SMILES string of the molecule is C=C/C=C\CCCC1N=C(C(F)(F)C(C)(C)F)C=C1NC(=C)/C(C)=C/C=C\C=C(\C)CC. The molecule has 0 radical (unpaired) electrons. The summed E-state index contributed by atoms with van der Waals surface area (Å²) in [4.78, 5) is 4.19. The van der Waals surface area contributed by atoms with Crippen LogP contribution in [0.4, 0.5) is 13.2 Å². The molecule has 0 amide bonds. The molecule has 0 bridgehead atoms. The largest absolute Gasteiger partial charge is 0.357 e. The molecule has 1 atom stereocenters. The average molecular weight is 447 g/mol. The molecule has 1 unspecified atom stereocenters. The van der Waals surface area contributed by atoms with Gasteiger partial charge in [-0.05, 0) is 65.0 Å². The maximum atomic E-state index is 14.6. The molecule has 0 aromatic heterocycles. The number of unbranched alkanes of at least 4 members (excludes halogenated alkanes) is 1. The van der Waals surface area contributed by atoms with Crippen molar-refractivity contribution in [3.8, 4) is 0 Å². The fourth-order valence-corrected chi connectivity index (χ4v) is 2.87. The molecule has 1 aliphatic rings. The lowest BCUT2D eigenvalue weighted by molar-refractivity contribution is -0.0609. The molecule has 2 nitrogen and oxygen atoms in total. The second-order valence-corrected chi connectivity index (χ2v) is 8.48. The molecule has 1 aliphatic heterocycles. The van der Waals surface area contributed by atoms with Crippen LogP contribution in [0, 0.1) is 0 Å². The highest BCUT2D eigenvalue weighted by atomic mass is 19.3. The highest BCUT2D eigenvalue weighted by Gasteiger charge is 2.52. The van der Waals surface area contributed by atoms with E-state index in [0.717, 1.165) is 38.7 Å². The van der Waals surface area contributed by atoms with Gasteiger partial charge in [0.05, 0.1) is 6.04 Å². The fraction of sp³-hybridized carbons (Fsp3) is 0.444. The molecule has 0 saturated carbocycles. The van der Waals surface area contributed by atoms with Crippen molar-refractivity contribution in [2.75, 3.05) is 0 Å². The first-order valence-corrected chi connectivity index (χ1v) is 11.0. The smallest absolute Gasteiger partial charge is 0.322 e. The fourth-order valence-electron chi connectivity index (χ4n) is 2.87. The van der Waals surface area contributed by atoms with Crippen molar-refractivity contribution >= 4 is 5.71 Å². The van der Waals surface area contributed by atoms with Gasteiger partial charge in [-0.1, -0.05) is 68.2 Å². The third-order valence-corrected chi connectivity index (χ3v) is 5.30. The lowest BCUT2D eigenvalue weighted by Gasteiger charge is -2.25. The number of halogens is 3. The molecular weight excluding hydrogens is 409 g/mol. The van der Waals surface area contributed by atoms with Crippen molar-refractivity contribution in [2.45, 2.75) is 77.9 Å². The Hall–Kier alpha value is -2.56. The molecule has 0 aliphatic carbocycles. The van der Waals surface area contributed by atoms with Gasteiger partial charge in [-0.25, -0.2) is 4.39 Å². The number of hydrogen-bond donors (Lipinski definition) is 1. The van der Waals surface area contributed by atoms with Crippen LogP contribution < -0.4 is 5.32 Å². The maximum absolute atomic E-state index is 14.6. The average Bonchev–Trinajstić information content (AvgIpc) is 3.13. The van der Waals surface area contributed by atoms with E-state index in [1.54, 1.807) is 6.08 Å². The number of alkyl halides is 3. The summed E-state index contributed by atoms with van der Waals surface area (Å²) in [6.45, 7) is 15.5. The van der Waals surface area contributed by atoms with Crippen molar-refractivity contribution in [1.82, 2.24) is 5.32 Å². The molecule has 1 rings (SSSR count). The van der Waals surface area contributed by atoms with Gasteiger partial charge in [0.25, 0.3) is 0 Å². The van der Waals surface area contributed by atoms with E-state index in [-0.39, 0.29) is 0 Å². The van der Waals surface area contributed by atoms with E-state index >= 15 is 0 Å². The van der Waals surface area contributed by atoms with Gasteiger partial charge in [0, 0.05) is 11.4 Å². The van der Waals surface area contributed by atoms with Crippen molar-refractivity contribution in [1.29, 1.82) is 0 Å². The van der Waals surface area contributed by atoms with Gasteiger partial charge in [-0.3, -0.25) is 4.99 Å². The summed E-state index contributed by atoms with van der Waals surface area (Å²) in [7, 11) is 0. The minimum Gasteiger partial charge on any atom is -0.357 e. The van der Waals surface area contributed by atoms with Crippen molar-refractivity contribution in [2.24, 2.45) is 4.99 Å². The van der Waals surface area contributed by atoms with Crippen LogP contribution in [0.2, 0.25) is 0 Å². The topological polar surface area (TPSA) is 24.4 Å². The van der Waals surface area contributed by atoms with Gasteiger partial charge in [-0.15, -0.1) is 0 Å². The van der Waals surface area contributed by atoms with Gasteiger partial charge >= 0.3 is 5.92 Å². The van der Waals surface area contributed by atoms with Crippen LogP contribution in [0.25, 0.3) is 0 Å². The Morgan fingerprint density at radius 1 is 1.16 bits per heavy atom. The van der Waals surface area contributed by atoms with Crippen LogP contribution >= 0.6 is 0 Å². The van der Waals surface area contributed by atoms with E-state index in [9.17, 15) is 13.2 Å². The predicted molar refractivity (Wildman–Crippen MR) is 132 cm³/mol. The molecule has 176 valence electrons. The summed E-state index contributed by atoms with van der Waals surface area (Å²) >= 11 is 0. The van der Waals surface area contributed by atoms with Gasteiger partial charge in [0.2, 0.25) is 0 Å². The monoisotopic (exact) mass is 446 g/mol. The number of nitrogens with zero attached hydrogens (tertiary/aromatic N) is 1. The number of nitrogens with one attached hydrogen (secondary N) is 1. The van der Waals surface area contributed by atoms with Crippen molar-refractivity contribution in [3.63, 3.8) is 0 Å². The summed E-state index contributed by atoms with van der Waals surface area (Å²) in [6, 6.07) is -0.495. The molecule has 1 heterocycles. The van der Waals surface area contributed by atoms with Gasteiger partial charge in [0.1, 0.15) is 5.71 Å². The highest BCUT2D eigenvalue weighted by Crippen LogP contribution is 2.37. The Bertz CT molecular complexity index is 847. The van der Waals surface area contributed by atoms with Crippen molar-refractivity contribution < 1.29 is 13.2 Å². The Morgan fingerprint density at radius 3 is 2.41 bits per heavy atom. The molecule has 1 N–H and O–H groups in total. The Kier molecular flexibility index (Phi) is 10.7. The van der Waals surface area contributed by atoms with Crippen LogP contribution in [0.3, 0.4) is 0 Å². The first-order chi connectivity index (χ1) is 14.9. The lowest BCUT2D eigenvalue weighted by Crippen LogP contribution is -2.45. The second kappa shape index (κ2) is 12.5. The molecule has 5 heteroatoms. The molecule has 0 spiro atoms. The Morgan fingerprint density at radius 2 is 1.81 bits per heavy atom. The summed E-state index contributed by atoms with van der Waals surface area (Å²) < 4.78 is 43.4. The standard InChI is InChI=1S/C27H37F3N2/c1-8-10-11-12-13-18-23-24(19-25(32-23)27(29,30)26(6,7)28)31-22(5)21(4)17-15-14-16-20(3)9-2/h8,10-11,14-17,19,23,31H,1,5,9,12-13,18H2,2-4,6-7H3/b11-10-,15-14-,20-16-,21-17+. The Labute approximate surface area is 191 Å². The quantitative estimate of drug-likeness (QED) is 0.225. The van der Waals surface area contributed by atoms with Crippen LogP contribution in [0.5, 0.6) is 0 Å². The summed E-state index contributed by atoms with van der Waals surface area (Å²) in [5.41, 5.74) is -0.00543. The zero-order valence-electron chi connectivity index (χ0n) is 20.0. The normalized spacial score (nSPS) is 18.3. The van der Waals surface area contributed by atoms with Gasteiger partial charge < -0.3 is 5.32 Å². The van der Waals surface area contributed by atoms with E-state index in [4.69, 9.17) is 0 Å². The minimum absolute atomic E-state index is 0.495. The van der Waals surface area contributed by atoms with Crippen LogP contribution in [-0.4, -0.2) is 23.3 Å². The van der Waals surface area contributed by atoms with Crippen molar-refractivity contribution in [3.05, 3.63) is 84.3 Å². The summed E-state index contributed by atoms with van der Waals surface area (Å²) in [5, 5.41) is 3.14. The van der Waals surface area contributed by atoms with Gasteiger partial charge in [0.15, 0.2) is 5.67 Å². The van der Waals surface area contributed by atoms with E-state index in [1.165, 1.54) is 11.6 Å². The third-order valence-electron chi connectivity index (χ3n) is 5.30. The molecular formula is C27H37F3N2. The van der Waals surface area contributed by atoms with E-state index in [0.29, 0.717) is 17.8 Å². The Balaban J connectivity index is 3.01. The highest BCUT2D eigenvalue weighted by molar-refractivity contribution is 6.04. The molecule has 0 aromatic rings. The molecule has 0 fully saturated rings. The zero-order chi connectivity index (χ0) is 24.4. The number of rotatable bonds is 13. The molecule has 0 saturated heterocycles. The zero-order valence-corrected chi connectivity index (χ0v) is 20.0. The van der Waals surface area contributed by atoms with E-state index < -0.39 is 23.3 Å². The van der Waals surface area contributed by atoms with E-state index in [2.05, 4.69) is 37.3 Å². The summed E-state index contributed by atoms with van der Waals surface area (Å²) in [6.07, 6.45) is 17.7. The first kappa shape index (κ1) is 27.5. The van der Waals surface area contributed by atoms with Crippen LogP contribution in [-0.2, 0) is 0 Å². The second-order valence-electron chi connectivity index (χ2n) is 8.48. The first-order valence-electron chi connectivity index (χ1n) is 11.0. The predicted octanol–water partition coefficient (Wildman–Crippen LogP) is 7.95. The van der Waals surface area contributed by atoms with Gasteiger partial charge in [-0.2, -0.15) is 8.78 Å². The maximum Gasteiger partial charge on any atom is 0.322 e. The molecule has 0 aromatic carbocycles. The van der Waals surface area contributed by atoms with Crippen LogP contribution in [0.1, 0.15) is 60.3 Å². The summed E-state index contributed by atoms with van der Waals surface area (Å²) in [5.74, 6) is -3.68. The third kappa shape index (κ3) is 8.18. The lowest BCUT2D eigenvalue weighted by atomic mass is 9.98. The number of aliphatic imine (C=N–C) groups is 1. The van der Waals surface area contributed by atoms with Crippen LogP contribution in [0.15, 0.2) is 89.3 Å². The van der Waals surface area contributed by atoms with E-state index in [1.807, 2.05) is 43.4 Å². The molecule has 32 heavy (non-hydrogen) atoms. The number of allylic oxidation sites excluding steroid dienone is 10.